The standard InChI is InChI=1S/C17H26ClNOS/c1-3-6-19-16(12-21-8-4-2)11-14-10-15(18)9-13-5-7-20-17(13)14/h9-10,16,19H,3-8,11-12H2,1-2H3. The fraction of sp³-hybridized carbons (Fsp3) is 0.647. The third-order valence-electron chi connectivity index (χ3n) is 3.64. The Labute approximate surface area is 138 Å². The van der Waals surface area contributed by atoms with Gasteiger partial charge in [-0.05, 0) is 54.8 Å². The van der Waals surface area contributed by atoms with E-state index in [0.29, 0.717) is 6.04 Å². The summed E-state index contributed by atoms with van der Waals surface area (Å²) in [4.78, 5) is 0. The molecule has 0 fully saturated rings. The lowest BCUT2D eigenvalue weighted by molar-refractivity contribution is 0.352. The molecule has 1 aliphatic rings. The van der Waals surface area contributed by atoms with Gasteiger partial charge in [0.2, 0.25) is 0 Å². The van der Waals surface area contributed by atoms with Crippen LogP contribution in [0, 0.1) is 0 Å². The summed E-state index contributed by atoms with van der Waals surface area (Å²) in [5, 5.41) is 4.51. The van der Waals surface area contributed by atoms with Gasteiger partial charge in [-0.25, -0.2) is 0 Å². The molecule has 1 atom stereocenters. The van der Waals surface area contributed by atoms with Crippen molar-refractivity contribution in [3.8, 4) is 5.75 Å². The minimum Gasteiger partial charge on any atom is -0.493 e. The van der Waals surface area contributed by atoms with Crippen LogP contribution in [0.25, 0.3) is 0 Å². The summed E-state index contributed by atoms with van der Waals surface area (Å²) in [7, 11) is 0. The maximum Gasteiger partial charge on any atom is 0.125 e. The van der Waals surface area contributed by atoms with Gasteiger partial charge >= 0.3 is 0 Å². The third-order valence-corrected chi connectivity index (χ3v) is 5.20. The lowest BCUT2D eigenvalue weighted by atomic mass is 10.0. The molecular formula is C17H26ClNOS. The molecule has 0 aliphatic carbocycles. The highest BCUT2D eigenvalue weighted by Crippen LogP contribution is 2.33. The Morgan fingerprint density at radius 1 is 1.33 bits per heavy atom. The number of halogens is 1. The molecular weight excluding hydrogens is 302 g/mol. The third kappa shape index (κ3) is 5.08. The maximum absolute atomic E-state index is 6.26. The second-order valence-electron chi connectivity index (χ2n) is 5.58. The Balaban J connectivity index is 2.04. The molecule has 1 heterocycles. The van der Waals surface area contributed by atoms with E-state index < -0.39 is 0 Å². The molecule has 0 aromatic heterocycles. The van der Waals surface area contributed by atoms with E-state index >= 15 is 0 Å². The van der Waals surface area contributed by atoms with Crippen LogP contribution in [-0.4, -0.2) is 30.7 Å². The minimum atomic E-state index is 0.494. The second kappa shape index (κ2) is 8.92. The predicted octanol–water partition coefficient (Wildman–Crippen LogP) is 4.33. The number of ether oxygens (including phenoxy) is 1. The minimum absolute atomic E-state index is 0.494. The first-order chi connectivity index (χ1) is 10.2. The van der Waals surface area contributed by atoms with Crippen LogP contribution in [0.15, 0.2) is 12.1 Å². The molecule has 0 radical (unpaired) electrons. The molecule has 0 amide bonds. The zero-order valence-corrected chi connectivity index (χ0v) is 14.7. The molecule has 1 aliphatic heterocycles. The Kier molecular flexibility index (Phi) is 7.21. The molecule has 0 spiro atoms. The van der Waals surface area contributed by atoms with Crippen molar-refractivity contribution in [1.29, 1.82) is 0 Å². The van der Waals surface area contributed by atoms with Gasteiger partial charge < -0.3 is 10.1 Å². The number of nitrogens with one attached hydrogen (secondary N) is 1. The first-order valence-corrected chi connectivity index (χ1v) is 9.53. The summed E-state index contributed by atoms with van der Waals surface area (Å²) in [5.41, 5.74) is 2.54. The fourth-order valence-electron chi connectivity index (χ4n) is 2.67. The molecule has 118 valence electrons. The molecule has 0 bridgehead atoms. The summed E-state index contributed by atoms with van der Waals surface area (Å²) in [6.07, 6.45) is 4.39. The zero-order chi connectivity index (χ0) is 15.1. The van der Waals surface area contributed by atoms with E-state index in [9.17, 15) is 0 Å². The van der Waals surface area contributed by atoms with Gasteiger partial charge in [-0.2, -0.15) is 11.8 Å². The molecule has 1 unspecified atom stereocenters. The number of fused-ring (bicyclic) bond motifs is 1. The molecule has 4 heteroatoms. The van der Waals surface area contributed by atoms with E-state index in [0.717, 1.165) is 42.5 Å². The van der Waals surface area contributed by atoms with E-state index in [2.05, 4.69) is 25.2 Å². The van der Waals surface area contributed by atoms with Crippen LogP contribution in [0.3, 0.4) is 0 Å². The van der Waals surface area contributed by atoms with Crippen molar-refractivity contribution in [3.63, 3.8) is 0 Å². The average Bonchev–Trinajstić information content (AvgIpc) is 2.93. The van der Waals surface area contributed by atoms with E-state index in [1.54, 1.807) is 0 Å². The zero-order valence-electron chi connectivity index (χ0n) is 13.1. The highest BCUT2D eigenvalue weighted by atomic mass is 35.5. The van der Waals surface area contributed by atoms with E-state index in [-0.39, 0.29) is 0 Å². The number of thioether (sulfide) groups is 1. The maximum atomic E-state index is 6.26. The van der Waals surface area contributed by atoms with Crippen LogP contribution >= 0.6 is 23.4 Å². The highest BCUT2D eigenvalue weighted by Gasteiger charge is 2.20. The van der Waals surface area contributed by atoms with Crippen LogP contribution in [0.5, 0.6) is 5.75 Å². The molecule has 0 saturated carbocycles. The molecule has 21 heavy (non-hydrogen) atoms. The van der Waals surface area contributed by atoms with Crippen LogP contribution < -0.4 is 10.1 Å². The fourth-order valence-corrected chi connectivity index (χ4v) is 3.91. The van der Waals surface area contributed by atoms with Crippen LogP contribution in [0.4, 0.5) is 0 Å². The summed E-state index contributed by atoms with van der Waals surface area (Å²) in [5.74, 6) is 3.46. The van der Waals surface area contributed by atoms with E-state index in [1.807, 2.05) is 17.8 Å². The van der Waals surface area contributed by atoms with Crippen LogP contribution in [-0.2, 0) is 12.8 Å². The van der Waals surface area contributed by atoms with Crippen molar-refractivity contribution in [1.82, 2.24) is 5.32 Å². The Morgan fingerprint density at radius 3 is 2.95 bits per heavy atom. The first kappa shape index (κ1) is 17.0. The van der Waals surface area contributed by atoms with Crippen molar-refractivity contribution in [3.05, 3.63) is 28.3 Å². The first-order valence-electron chi connectivity index (χ1n) is 7.99. The van der Waals surface area contributed by atoms with E-state index in [4.69, 9.17) is 16.3 Å². The smallest absolute Gasteiger partial charge is 0.125 e. The largest absolute Gasteiger partial charge is 0.493 e. The Bertz CT molecular complexity index is 453. The van der Waals surface area contributed by atoms with Gasteiger partial charge in [0.25, 0.3) is 0 Å². The number of rotatable bonds is 9. The summed E-state index contributed by atoms with van der Waals surface area (Å²) in [6, 6.07) is 4.62. The molecule has 1 N–H and O–H groups in total. The lowest BCUT2D eigenvalue weighted by Crippen LogP contribution is -2.34. The SMILES string of the molecule is CCCNC(CSCCC)Cc1cc(Cl)cc2c1OCC2. The van der Waals surface area contributed by atoms with Crippen molar-refractivity contribution < 1.29 is 4.74 Å². The van der Waals surface area contributed by atoms with Gasteiger partial charge in [-0.3, -0.25) is 0 Å². The quantitative estimate of drug-likeness (QED) is 0.682. The van der Waals surface area contributed by atoms with Gasteiger partial charge in [0.1, 0.15) is 5.75 Å². The average molecular weight is 328 g/mol. The highest BCUT2D eigenvalue weighted by molar-refractivity contribution is 7.99. The second-order valence-corrected chi connectivity index (χ2v) is 7.17. The Morgan fingerprint density at radius 2 is 2.19 bits per heavy atom. The van der Waals surface area contributed by atoms with Crippen molar-refractivity contribution in [2.45, 2.75) is 45.6 Å². The van der Waals surface area contributed by atoms with Gasteiger partial charge in [0.15, 0.2) is 0 Å². The summed E-state index contributed by atoms with van der Waals surface area (Å²) < 4.78 is 5.82. The molecule has 0 saturated heterocycles. The molecule has 2 rings (SSSR count). The Hall–Kier alpha value is -0.380. The number of hydrogen-bond acceptors (Lipinski definition) is 3. The van der Waals surface area contributed by atoms with Crippen molar-refractivity contribution in [2.75, 3.05) is 24.7 Å². The topological polar surface area (TPSA) is 21.3 Å². The predicted molar refractivity (Wildman–Crippen MR) is 94.1 cm³/mol. The van der Waals surface area contributed by atoms with Crippen molar-refractivity contribution in [2.24, 2.45) is 0 Å². The van der Waals surface area contributed by atoms with E-state index in [1.165, 1.54) is 29.7 Å². The van der Waals surface area contributed by atoms with Gasteiger partial charge in [-0.15, -0.1) is 0 Å². The van der Waals surface area contributed by atoms with Crippen LogP contribution in [0.1, 0.15) is 37.8 Å². The van der Waals surface area contributed by atoms with Gasteiger partial charge in [-0.1, -0.05) is 25.4 Å². The molecule has 1 aromatic carbocycles. The summed E-state index contributed by atoms with van der Waals surface area (Å²) in [6.45, 7) is 6.31. The van der Waals surface area contributed by atoms with Gasteiger partial charge in [0, 0.05) is 23.2 Å². The number of hydrogen-bond donors (Lipinski definition) is 1. The monoisotopic (exact) mass is 327 g/mol. The lowest BCUT2D eigenvalue weighted by Gasteiger charge is -2.20. The molecule has 2 nitrogen and oxygen atoms in total. The summed E-state index contributed by atoms with van der Waals surface area (Å²) >= 11 is 8.29. The normalized spacial score (nSPS) is 14.8. The number of benzene rings is 1. The molecule has 1 aromatic rings. The van der Waals surface area contributed by atoms with Gasteiger partial charge in [0.05, 0.1) is 6.61 Å². The van der Waals surface area contributed by atoms with Crippen LogP contribution in [0.2, 0.25) is 5.02 Å². The van der Waals surface area contributed by atoms with Crippen molar-refractivity contribution >= 4 is 23.4 Å².